The van der Waals surface area contributed by atoms with Gasteiger partial charge in [0.1, 0.15) is 17.0 Å². The minimum atomic E-state index is -0.324. The van der Waals surface area contributed by atoms with E-state index in [-0.39, 0.29) is 5.82 Å². The Labute approximate surface area is 187 Å². The molecule has 0 atom stereocenters. The standard InChI is InChI=1S/C28H16FN3O/c29-18-13-14-20-21-10-6-11-22(26(21)33-25(20)16-18)28-31-27-24(32(28)19-8-2-1-3-9-19)15-17-7-4-5-12-23(17)30-27/h1-16H. The van der Waals surface area contributed by atoms with Gasteiger partial charge in [0.05, 0.1) is 16.6 Å². The van der Waals surface area contributed by atoms with E-state index in [1.54, 1.807) is 6.07 Å². The van der Waals surface area contributed by atoms with Crippen LogP contribution in [0, 0.1) is 5.82 Å². The predicted octanol–water partition coefficient (Wildman–Crippen LogP) is 7.28. The van der Waals surface area contributed by atoms with Gasteiger partial charge in [0, 0.05) is 27.9 Å². The zero-order valence-electron chi connectivity index (χ0n) is 17.4. The summed E-state index contributed by atoms with van der Waals surface area (Å²) in [4.78, 5) is 9.80. The maximum atomic E-state index is 13.9. The van der Waals surface area contributed by atoms with Crippen molar-refractivity contribution < 1.29 is 8.81 Å². The van der Waals surface area contributed by atoms with E-state index in [4.69, 9.17) is 14.4 Å². The summed E-state index contributed by atoms with van der Waals surface area (Å²) in [5.41, 5.74) is 5.47. The lowest BCUT2D eigenvalue weighted by atomic mass is 10.1. The molecule has 0 N–H and O–H groups in total. The van der Waals surface area contributed by atoms with E-state index in [2.05, 4.69) is 16.7 Å². The molecule has 0 unspecified atom stereocenters. The van der Waals surface area contributed by atoms with Gasteiger partial charge in [0.15, 0.2) is 11.5 Å². The van der Waals surface area contributed by atoms with E-state index in [0.29, 0.717) is 16.8 Å². The van der Waals surface area contributed by atoms with Gasteiger partial charge in [-0.3, -0.25) is 4.57 Å². The van der Waals surface area contributed by atoms with Gasteiger partial charge >= 0.3 is 0 Å². The molecule has 3 heterocycles. The quantitative estimate of drug-likeness (QED) is 0.290. The normalized spacial score (nSPS) is 11.8. The van der Waals surface area contributed by atoms with Crippen LogP contribution >= 0.6 is 0 Å². The molecular weight excluding hydrogens is 413 g/mol. The summed E-state index contributed by atoms with van der Waals surface area (Å²) in [6.07, 6.45) is 0. The highest BCUT2D eigenvalue weighted by Crippen LogP contribution is 2.38. The molecule has 0 saturated heterocycles. The summed E-state index contributed by atoms with van der Waals surface area (Å²) in [5.74, 6) is 0.402. The van der Waals surface area contributed by atoms with Crippen molar-refractivity contribution in [2.24, 2.45) is 0 Å². The van der Waals surface area contributed by atoms with Gasteiger partial charge in [-0.05, 0) is 42.5 Å². The third-order valence-electron chi connectivity index (χ3n) is 6.07. The van der Waals surface area contributed by atoms with Crippen LogP contribution in [0.15, 0.2) is 101 Å². The molecule has 5 heteroatoms. The average Bonchev–Trinajstić information content (AvgIpc) is 3.40. The van der Waals surface area contributed by atoms with Gasteiger partial charge < -0.3 is 4.42 Å². The highest BCUT2D eigenvalue weighted by Gasteiger charge is 2.20. The molecule has 33 heavy (non-hydrogen) atoms. The molecule has 0 aliphatic rings. The van der Waals surface area contributed by atoms with E-state index in [0.717, 1.165) is 44.3 Å². The number of para-hydroxylation sites is 3. The van der Waals surface area contributed by atoms with E-state index in [9.17, 15) is 4.39 Å². The second-order valence-electron chi connectivity index (χ2n) is 8.05. The first-order valence-electron chi connectivity index (χ1n) is 10.7. The fourth-order valence-electron chi connectivity index (χ4n) is 4.57. The number of benzene rings is 4. The summed E-state index contributed by atoms with van der Waals surface area (Å²) in [6.45, 7) is 0. The molecule has 0 aliphatic carbocycles. The van der Waals surface area contributed by atoms with Gasteiger partial charge in [0.25, 0.3) is 0 Å². The van der Waals surface area contributed by atoms with Crippen LogP contribution in [0.4, 0.5) is 4.39 Å². The van der Waals surface area contributed by atoms with E-state index < -0.39 is 0 Å². The van der Waals surface area contributed by atoms with E-state index >= 15 is 0 Å². The Morgan fingerprint density at radius 2 is 1.58 bits per heavy atom. The van der Waals surface area contributed by atoms with Crippen LogP contribution in [0.5, 0.6) is 0 Å². The van der Waals surface area contributed by atoms with Gasteiger partial charge in [-0.1, -0.05) is 48.5 Å². The molecule has 4 nitrogen and oxygen atoms in total. The fourth-order valence-corrected chi connectivity index (χ4v) is 4.57. The zero-order valence-corrected chi connectivity index (χ0v) is 17.4. The first kappa shape index (κ1) is 18.1. The molecule has 0 fully saturated rings. The lowest BCUT2D eigenvalue weighted by Crippen LogP contribution is -1.97. The molecule has 0 bridgehead atoms. The van der Waals surface area contributed by atoms with Gasteiger partial charge in [-0.15, -0.1) is 0 Å². The summed E-state index contributed by atoms with van der Waals surface area (Å²) in [6, 6.07) is 30.8. The molecule has 156 valence electrons. The van der Waals surface area contributed by atoms with Crippen molar-refractivity contribution in [1.82, 2.24) is 14.5 Å². The van der Waals surface area contributed by atoms with Crippen LogP contribution in [-0.4, -0.2) is 14.5 Å². The lowest BCUT2D eigenvalue weighted by Gasteiger charge is -2.10. The van der Waals surface area contributed by atoms with Crippen molar-refractivity contribution in [3.05, 3.63) is 103 Å². The number of halogens is 1. The van der Waals surface area contributed by atoms with Gasteiger partial charge in [0.2, 0.25) is 0 Å². The summed E-state index contributed by atoms with van der Waals surface area (Å²) < 4.78 is 22.1. The van der Waals surface area contributed by atoms with Crippen LogP contribution in [0.2, 0.25) is 0 Å². The maximum Gasteiger partial charge on any atom is 0.179 e. The van der Waals surface area contributed by atoms with Crippen molar-refractivity contribution in [3.63, 3.8) is 0 Å². The SMILES string of the molecule is Fc1ccc2c(c1)oc1c(-c3nc4nc5ccccc5cc4n3-c3ccccc3)cccc12. The fraction of sp³-hybridized carbons (Fsp3) is 0. The monoisotopic (exact) mass is 429 g/mol. The number of aromatic nitrogens is 3. The third kappa shape index (κ3) is 2.69. The Morgan fingerprint density at radius 3 is 2.48 bits per heavy atom. The second kappa shape index (κ2) is 6.74. The van der Waals surface area contributed by atoms with Crippen LogP contribution in [0.25, 0.3) is 61.1 Å². The van der Waals surface area contributed by atoms with Crippen LogP contribution in [0.1, 0.15) is 0 Å². The predicted molar refractivity (Wildman–Crippen MR) is 129 cm³/mol. The zero-order chi connectivity index (χ0) is 21.9. The number of furan rings is 1. The molecule has 3 aromatic heterocycles. The number of hydrogen-bond donors (Lipinski definition) is 0. The second-order valence-corrected chi connectivity index (χ2v) is 8.05. The van der Waals surface area contributed by atoms with Crippen LogP contribution in [0.3, 0.4) is 0 Å². The first-order chi connectivity index (χ1) is 16.3. The molecule has 0 radical (unpaired) electrons. The topological polar surface area (TPSA) is 43.9 Å². The number of rotatable bonds is 2. The molecular formula is C28H16FN3O. The minimum Gasteiger partial charge on any atom is -0.455 e. The summed E-state index contributed by atoms with van der Waals surface area (Å²) in [7, 11) is 0. The smallest absolute Gasteiger partial charge is 0.179 e. The number of nitrogens with zero attached hydrogens (tertiary/aromatic N) is 3. The molecule has 7 rings (SSSR count). The largest absolute Gasteiger partial charge is 0.455 e. The summed E-state index contributed by atoms with van der Waals surface area (Å²) in [5, 5.41) is 2.85. The molecule has 0 saturated carbocycles. The first-order valence-corrected chi connectivity index (χ1v) is 10.7. The Hall–Kier alpha value is -4.51. The number of pyridine rings is 1. The van der Waals surface area contributed by atoms with Crippen molar-refractivity contribution in [3.8, 4) is 17.1 Å². The van der Waals surface area contributed by atoms with Crippen molar-refractivity contribution in [2.45, 2.75) is 0 Å². The lowest BCUT2D eigenvalue weighted by molar-refractivity contribution is 0.618. The van der Waals surface area contributed by atoms with Crippen molar-refractivity contribution in [1.29, 1.82) is 0 Å². The van der Waals surface area contributed by atoms with Gasteiger partial charge in [-0.2, -0.15) is 0 Å². The molecule has 0 aliphatic heterocycles. The number of imidazole rings is 1. The number of fused-ring (bicyclic) bond motifs is 5. The third-order valence-corrected chi connectivity index (χ3v) is 6.07. The highest BCUT2D eigenvalue weighted by molar-refractivity contribution is 6.09. The minimum absolute atomic E-state index is 0.324. The van der Waals surface area contributed by atoms with E-state index in [1.165, 1.54) is 12.1 Å². The van der Waals surface area contributed by atoms with Crippen LogP contribution in [-0.2, 0) is 0 Å². The van der Waals surface area contributed by atoms with Crippen LogP contribution < -0.4 is 0 Å². The molecule has 0 amide bonds. The Bertz CT molecular complexity index is 1830. The van der Waals surface area contributed by atoms with E-state index in [1.807, 2.05) is 66.7 Å². The Kier molecular flexibility index (Phi) is 3.70. The number of hydrogen-bond acceptors (Lipinski definition) is 3. The Morgan fingerprint density at radius 1 is 0.727 bits per heavy atom. The van der Waals surface area contributed by atoms with Crippen molar-refractivity contribution >= 4 is 44.0 Å². The highest BCUT2D eigenvalue weighted by atomic mass is 19.1. The molecule has 7 aromatic rings. The molecule has 0 spiro atoms. The van der Waals surface area contributed by atoms with Gasteiger partial charge in [-0.25, -0.2) is 14.4 Å². The molecule has 4 aromatic carbocycles. The van der Waals surface area contributed by atoms with Crippen molar-refractivity contribution in [2.75, 3.05) is 0 Å². The summed E-state index contributed by atoms with van der Waals surface area (Å²) >= 11 is 0. The Balaban J connectivity index is 1.61. The maximum absolute atomic E-state index is 13.9. The average molecular weight is 429 g/mol.